The largest absolute Gasteiger partial charge is 0.496 e. The standard InChI is InChI=1S/C18H24N2O/c1-3-20(15-10-11-19-12-15)13-14-8-9-18(21-2)17-7-5-4-6-16(14)17/h4-9,15,19H,3,10-13H2,1-2H3. The van der Waals surface area contributed by atoms with Crippen LogP contribution in [0.2, 0.25) is 0 Å². The molecule has 0 bridgehead atoms. The van der Waals surface area contributed by atoms with Crippen molar-refractivity contribution in [2.75, 3.05) is 26.7 Å². The summed E-state index contributed by atoms with van der Waals surface area (Å²) in [6, 6.07) is 13.5. The summed E-state index contributed by atoms with van der Waals surface area (Å²) < 4.78 is 5.49. The minimum Gasteiger partial charge on any atom is -0.496 e. The Balaban J connectivity index is 1.92. The van der Waals surface area contributed by atoms with Gasteiger partial charge in [0, 0.05) is 24.5 Å². The molecule has 3 nitrogen and oxygen atoms in total. The van der Waals surface area contributed by atoms with Gasteiger partial charge in [-0.1, -0.05) is 37.3 Å². The van der Waals surface area contributed by atoms with Crippen molar-refractivity contribution in [2.24, 2.45) is 0 Å². The number of benzene rings is 2. The van der Waals surface area contributed by atoms with Crippen molar-refractivity contribution in [1.82, 2.24) is 10.2 Å². The Morgan fingerprint density at radius 1 is 1.19 bits per heavy atom. The number of methoxy groups -OCH3 is 1. The summed E-state index contributed by atoms with van der Waals surface area (Å²) in [6.07, 6.45) is 1.25. The van der Waals surface area contributed by atoms with E-state index in [9.17, 15) is 0 Å². The van der Waals surface area contributed by atoms with Crippen LogP contribution in [-0.4, -0.2) is 37.7 Å². The fourth-order valence-corrected chi connectivity index (χ4v) is 3.32. The average Bonchev–Trinajstić information content (AvgIpc) is 3.06. The third-order valence-corrected chi connectivity index (χ3v) is 4.52. The Labute approximate surface area is 126 Å². The first-order valence-electron chi connectivity index (χ1n) is 7.83. The van der Waals surface area contributed by atoms with Crippen molar-refractivity contribution in [1.29, 1.82) is 0 Å². The van der Waals surface area contributed by atoms with Crippen molar-refractivity contribution in [3.05, 3.63) is 42.0 Å². The molecule has 1 aliphatic rings. The van der Waals surface area contributed by atoms with Gasteiger partial charge in [-0.05, 0) is 36.5 Å². The van der Waals surface area contributed by atoms with Crippen LogP contribution in [0.25, 0.3) is 10.8 Å². The normalized spacial score (nSPS) is 18.5. The monoisotopic (exact) mass is 284 g/mol. The quantitative estimate of drug-likeness (QED) is 0.913. The number of nitrogens with zero attached hydrogens (tertiary/aromatic N) is 1. The van der Waals surface area contributed by atoms with Gasteiger partial charge in [-0.15, -0.1) is 0 Å². The molecule has 1 aliphatic heterocycles. The van der Waals surface area contributed by atoms with Crippen LogP contribution < -0.4 is 10.1 Å². The molecule has 2 aromatic carbocycles. The van der Waals surface area contributed by atoms with E-state index in [-0.39, 0.29) is 0 Å². The van der Waals surface area contributed by atoms with E-state index in [1.165, 1.54) is 22.8 Å². The lowest BCUT2D eigenvalue weighted by Gasteiger charge is -2.27. The molecule has 0 saturated carbocycles. The Hall–Kier alpha value is -1.58. The van der Waals surface area contributed by atoms with E-state index >= 15 is 0 Å². The van der Waals surface area contributed by atoms with E-state index in [2.05, 4.69) is 53.5 Å². The number of nitrogens with one attached hydrogen (secondary N) is 1. The molecular formula is C18H24N2O. The van der Waals surface area contributed by atoms with Crippen LogP contribution in [0.4, 0.5) is 0 Å². The highest BCUT2D eigenvalue weighted by molar-refractivity contribution is 5.91. The minimum atomic E-state index is 0.663. The zero-order valence-corrected chi connectivity index (χ0v) is 12.9. The Morgan fingerprint density at radius 2 is 2.00 bits per heavy atom. The fraction of sp³-hybridized carbons (Fsp3) is 0.444. The van der Waals surface area contributed by atoms with Crippen LogP contribution in [0, 0.1) is 0 Å². The van der Waals surface area contributed by atoms with Gasteiger partial charge in [0.1, 0.15) is 5.75 Å². The summed E-state index contributed by atoms with van der Waals surface area (Å²) in [7, 11) is 1.74. The highest BCUT2D eigenvalue weighted by atomic mass is 16.5. The fourth-order valence-electron chi connectivity index (χ4n) is 3.32. The van der Waals surface area contributed by atoms with Gasteiger partial charge in [0.15, 0.2) is 0 Å². The van der Waals surface area contributed by atoms with E-state index in [0.717, 1.165) is 31.9 Å². The topological polar surface area (TPSA) is 24.5 Å². The second-order valence-electron chi connectivity index (χ2n) is 5.68. The van der Waals surface area contributed by atoms with Crippen molar-refractivity contribution in [3.63, 3.8) is 0 Å². The first-order chi connectivity index (χ1) is 10.3. The van der Waals surface area contributed by atoms with Crippen LogP contribution in [0.1, 0.15) is 18.9 Å². The Morgan fingerprint density at radius 3 is 2.67 bits per heavy atom. The molecule has 1 heterocycles. The highest BCUT2D eigenvalue weighted by Gasteiger charge is 2.21. The van der Waals surface area contributed by atoms with Gasteiger partial charge in [-0.25, -0.2) is 0 Å². The number of ether oxygens (including phenoxy) is 1. The molecule has 1 unspecified atom stereocenters. The van der Waals surface area contributed by atoms with Crippen molar-refractivity contribution in [2.45, 2.75) is 25.9 Å². The van der Waals surface area contributed by atoms with Gasteiger partial charge in [0.2, 0.25) is 0 Å². The molecule has 0 aromatic heterocycles. The molecule has 112 valence electrons. The molecular weight excluding hydrogens is 260 g/mol. The second kappa shape index (κ2) is 6.46. The molecule has 3 heteroatoms. The number of likely N-dealkylation sites (N-methyl/N-ethyl adjacent to an activating group) is 1. The molecule has 1 N–H and O–H groups in total. The summed E-state index contributed by atoms with van der Waals surface area (Å²) in [5, 5.41) is 5.98. The molecule has 0 aliphatic carbocycles. The molecule has 21 heavy (non-hydrogen) atoms. The van der Waals surface area contributed by atoms with Crippen LogP contribution in [0.5, 0.6) is 5.75 Å². The van der Waals surface area contributed by atoms with Gasteiger partial charge in [-0.3, -0.25) is 4.90 Å². The van der Waals surface area contributed by atoms with E-state index in [4.69, 9.17) is 4.74 Å². The predicted molar refractivity (Wildman–Crippen MR) is 87.9 cm³/mol. The lowest BCUT2D eigenvalue weighted by molar-refractivity contribution is 0.211. The molecule has 0 spiro atoms. The van der Waals surface area contributed by atoms with Crippen molar-refractivity contribution >= 4 is 10.8 Å². The van der Waals surface area contributed by atoms with Crippen molar-refractivity contribution in [3.8, 4) is 5.75 Å². The molecule has 0 radical (unpaired) electrons. The summed E-state index contributed by atoms with van der Waals surface area (Å²) in [5.41, 5.74) is 1.39. The first kappa shape index (κ1) is 14.4. The lowest BCUT2D eigenvalue weighted by Crippen LogP contribution is -2.36. The van der Waals surface area contributed by atoms with Gasteiger partial charge < -0.3 is 10.1 Å². The lowest BCUT2D eigenvalue weighted by atomic mass is 10.0. The summed E-state index contributed by atoms with van der Waals surface area (Å²) in [6.45, 7) is 6.61. The number of hydrogen-bond acceptors (Lipinski definition) is 3. The van der Waals surface area contributed by atoms with E-state index in [1.54, 1.807) is 7.11 Å². The van der Waals surface area contributed by atoms with E-state index < -0.39 is 0 Å². The predicted octanol–water partition coefficient (Wildman–Crippen LogP) is 3.03. The van der Waals surface area contributed by atoms with Crippen LogP contribution in [0.3, 0.4) is 0 Å². The third-order valence-electron chi connectivity index (χ3n) is 4.52. The maximum Gasteiger partial charge on any atom is 0.126 e. The minimum absolute atomic E-state index is 0.663. The van der Waals surface area contributed by atoms with Gasteiger partial charge in [0.05, 0.1) is 7.11 Å². The number of fused-ring (bicyclic) bond motifs is 1. The summed E-state index contributed by atoms with van der Waals surface area (Å²) in [4.78, 5) is 2.58. The molecule has 1 atom stereocenters. The van der Waals surface area contributed by atoms with Crippen LogP contribution in [-0.2, 0) is 6.54 Å². The van der Waals surface area contributed by atoms with Crippen molar-refractivity contribution < 1.29 is 4.74 Å². The second-order valence-corrected chi connectivity index (χ2v) is 5.68. The zero-order valence-electron chi connectivity index (χ0n) is 12.9. The third kappa shape index (κ3) is 2.89. The van der Waals surface area contributed by atoms with Crippen LogP contribution >= 0.6 is 0 Å². The Bertz CT molecular complexity index is 605. The number of rotatable bonds is 5. The van der Waals surface area contributed by atoms with Gasteiger partial charge >= 0.3 is 0 Å². The average molecular weight is 284 g/mol. The highest BCUT2D eigenvalue weighted by Crippen LogP contribution is 2.29. The molecule has 0 amide bonds. The first-order valence-corrected chi connectivity index (χ1v) is 7.83. The maximum atomic E-state index is 5.49. The van der Waals surface area contributed by atoms with E-state index in [1.807, 2.05) is 0 Å². The van der Waals surface area contributed by atoms with Crippen LogP contribution in [0.15, 0.2) is 36.4 Å². The van der Waals surface area contributed by atoms with Gasteiger partial charge in [-0.2, -0.15) is 0 Å². The molecule has 2 aromatic rings. The van der Waals surface area contributed by atoms with E-state index in [0.29, 0.717) is 6.04 Å². The summed E-state index contributed by atoms with van der Waals surface area (Å²) >= 11 is 0. The zero-order chi connectivity index (χ0) is 14.7. The SMILES string of the molecule is CCN(Cc1ccc(OC)c2ccccc12)C1CCNC1. The summed E-state index contributed by atoms with van der Waals surface area (Å²) in [5.74, 6) is 0.958. The Kier molecular flexibility index (Phi) is 4.42. The van der Waals surface area contributed by atoms with Gasteiger partial charge in [0.25, 0.3) is 0 Å². The smallest absolute Gasteiger partial charge is 0.126 e. The molecule has 1 fully saturated rings. The molecule has 3 rings (SSSR count). The molecule has 1 saturated heterocycles. The number of hydrogen-bond donors (Lipinski definition) is 1. The maximum absolute atomic E-state index is 5.49.